The first-order valence-corrected chi connectivity index (χ1v) is 9.07. The van der Waals surface area contributed by atoms with Crippen LogP contribution in [-0.2, 0) is 9.53 Å². The molecule has 2 fully saturated rings. The Morgan fingerprint density at radius 3 is 2.11 bits per heavy atom. The van der Waals surface area contributed by atoms with Crippen molar-refractivity contribution < 1.29 is 19.1 Å². The second-order valence-electron chi connectivity index (χ2n) is 6.79. The van der Waals surface area contributed by atoms with Gasteiger partial charge in [0.05, 0.1) is 0 Å². The molecule has 0 bridgehead atoms. The summed E-state index contributed by atoms with van der Waals surface area (Å²) in [6.45, 7) is 0.855. The van der Waals surface area contributed by atoms with E-state index in [-0.39, 0.29) is 24.5 Å². The fourth-order valence-electron chi connectivity index (χ4n) is 3.66. The van der Waals surface area contributed by atoms with Gasteiger partial charge in [-0.2, -0.15) is 0 Å². The van der Waals surface area contributed by atoms with Crippen LogP contribution >= 0.6 is 0 Å². The van der Waals surface area contributed by atoms with Crippen LogP contribution in [0, 0.1) is 0 Å². The van der Waals surface area contributed by atoms with Crippen molar-refractivity contribution in [3.8, 4) is 11.1 Å². The van der Waals surface area contributed by atoms with Gasteiger partial charge < -0.3 is 9.64 Å². The lowest BCUT2D eigenvalue weighted by atomic mass is 10.0. The van der Waals surface area contributed by atoms with Crippen LogP contribution in [-0.4, -0.2) is 53.4 Å². The van der Waals surface area contributed by atoms with Gasteiger partial charge in [-0.15, -0.1) is 0 Å². The fourth-order valence-corrected chi connectivity index (χ4v) is 3.66. The van der Waals surface area contributed by atoms with Crippen LogP contribution in [0.3, 0.4) is 0 Å². The largest absolute Gasteiger partial charge is 0.439 e. The lowest BCUT2D eigenvalue weighted by Gasteiger charge is -2.34. The van der Waals surface area contributed by atoms with Crippen molar-refractivity contribution in [1.29, 1.82) is 0 Å². The molecule has 2 heterocycles. The Morgan fingerprint density at radius 2 is 1.52 bits per heavy atom. The molecule has 0 spiro atoms. The van der Waals surface area contributed by atoms with E-state index in [9.17, 15) is 14.4 Å². The quantitative estimate of drug-likeness (QED) is 0.840. The molecule has 0 radical (unpaired) electrons. The van der Waals surface area contributed by atoms with Crippen LogP contribution in [0.25, 0.3) is 11.1 Å². The predicted octanol–water partition coefficient (Wildman–Crippen LogP) is 2.94. The highest BCUT2D eigenvalue weighted by molar-refractivity contribution is 5.98. The average Bonchev–Trinajstić information content (AvgIpc) is 3.06. The van der Waals surface area contributed by atoms with Crippen LogP contribution in [0.1, 0.15) is 23.2 Å². The molecular weight excluding hydrogens is 344 g/mol. The number of carbonyl (C=O) groups is 3. The summed E-state index contributed by atoms with van der Waals surface area (Å²) in [4.78, 5) is 39.2. The molecule has 27 heavy (non-hydrogen) atoms. The SMILES string of the molecule is O=C(c1ccc(-c2ccccc2)cc1)N1CCC(N2C(=O)COC2=O)CC1. The molecule has 0 saturated carbocycles. The van der Waals surface area contributed by atoms with Gasteiger partial charge in [0.1, 0.15) is 0 Å². The van der Waals surface area contributed by atoms with Crippen LogP contribution in [0.15, 0.2) is 54.6 Å². The first-order valence-electron chi connectivity index (χ1n) is 9.07. The summed E-state index contributed by atoms with van der Waals surface area (Å²) in [5.41, 5.74) is 2.82. The third kappa shape index (κ3) is 3.43. The normalized spacial score (nSPS) is 17.9. The van der Waals surface area contributed by atoms with Crippen molar-refractivity contribution in [1.82, 2.24) is 9.80 Å². The number of piperidine rings is 1. The molecule has 4 rings (SSSR count). The second kappa shape index (κ2) is 7.23. The van der Waals surface area contributed by atoms with E-state index in [0.29, 0.717) is 31.5 Å². The summed E-state index contributed by atoms with van der Waals surface area (Å²) in [5, 5.41) is 0. The fraction of sp³-hybridized carbons (Fsp3) is 0.286. The third-order valence-corrected chi connectivity index (χ3v) is 5.14. The van der Waals surface area contributed by atoms with Crippen molar-refractivity contribution in [2.24, 2.45) is 0 Å². The van der Waals surface area contributed by atoms with Gasteiger partial charge in [-0.05, 0) is 36.1 Å². The maximum absolute atomic E-state index is 12.8. The second-order valence-corrected chi connectivity index (χ2v) is 6.79. The summed E-state index contributed by atoms with van der Waals surface area (Å²) in [6, 6.07) is 17.4. The number of rotatable bonds is 3. The highest BCUT2D eigenvalue weighted by atomic mass is 16.6. The van der Waals surface area contributed by atoms with Crippen LogP contribution < -0.4 is 0 Å². The topological polar surface area (TPSA) is 66.9 Å². The number of cyclic esters (lactones) is 1. The number of imide groups is 1. The number of hydrogen-bond acceptors (Lipinski definition) is 4. The summed E-state index contributed by atoms with van der Waals surface area (Å²) < 4.78 is 4.78. The Morgan fingerprint density at radius 1 is 0.889 bits per heavy atom. The van der Waals surface area contributed by atoms with Crippen LogP contribution in [0.4, 0.5) is 4.79 Å². The van der Waals surface area contributed by atoms with Gasteiger partial charge >= 0.3 is 6.09 Å². The van der Waals surface area contributed by atoms with Crippen LogP contribution in [0.5, 0.6) is 0 Å². The number of benzene rings is 2. The highest BCUT2D eigenvalue weighted by Gasteiger charge is 2.39. The van der Waals surface area contributed by atoms with E-state index >= 15 is 0 Å². The molecule has 0 N–H and O–H groups in total. The van der Waals surface area contributed by atoms with Gasteiger partial charge in [-0.1, -0.05) is 42.5 Å². The average molecular weight is 364 g/mol. The molecular formula is C21H20N2O4. The number of likely N-dealkylation sites (tertiary alicyclic amines) is 1. The zero-order valence-electron chi connectivity index (χ0n) is 14.8. The zero-order chi connectivity index (χ0) is 18.8. The van der Waals surface area contributed by atoms with E-state index in [1.165, 1.54) is 4.90 Å². The molecule has 3 amide bonds. The standard InChI is InChI=1S/C21H20N2O4/c24-19-14-27-21(26)23(19)18-10-12-22(13-11-18)20(25)17-8-6-16(7-9-17)15-4-2-1-3-5-15/h1-9,18H,10-14H2. The Kier molecular flexibility index (Phi) is 4.62. The Hall–Kier alpha value is -3.15. The van der Waals surface area contributed by atoms with E-state index in [4.69, 9.17) is 4.74 Å². The molecule has 2 aromatic carbocycles. The van der Waals surface area contributed by atoms with Gasteiger partial charge in [0.25, 0.3) is 11.8 Å². The Bertz CT molecular complexity index is 840. The molecule has 2 aliphatic heterocycles. The number of carbonyl (C=O) groups excluding carboxylic acids is 3. The van der Waals surface area contributed by atoms with Gasteiger partial charge in [-0.3, -0.25) is 9.59 Å². The summed E-state index contributed by atoms with van der Waals surface area (Å²) in [5.74, 6) is -0.315. The maximum atomic E-state index is 12.8. The Labute approximate surface area is 157 Å². The molecule has 2 aromatic rings. The van der Waals surface area contributed by atoms with Gasteiger partial charge in [0.2, 0.25) is 0 Å². The first kappa shape index (κ1) is 17.3. The molecule has 2 saturated heterocycles. The van der Waals surface area contributed by atoms with Crippen molar-refractivity contribution >= 4 is 17.9 Å². The molecule has 6 heteroatoms. The first-order chi connectivity index (χ1) is 13.1. The molecule has 0 unspecified atom stereocenters. The van der Waals surface area contributed by atoms with Gasteiger partial charge in [0.15, 0.2) is 6.61 Å². The van der Waals surface area contributed by atoms with E-state index in [2.05, 4.69) is 0 Å². The molecule has 0 aliphatic carbocycles. The number of amides is 3. The predicted molar refractivity (Wildman–Crippen MR) is 99.0 cm³/mol. The summed E-state index contributed by atoms with van der Waals surface area (Å²) in [7, 11) is 0. The molecule has 6 nitrogen and oxygen atoms in total. The lowest BCUT2D eigenvalue weighted by molar-refractivity contribution is -0.127. The lowest BCUT2D eigenvalue weighted by Crippen LogP contribution is -2.48. The molecule has 138 valence electrons. The van der Waals surface area contributed by atoms with Crippen molar-refractivity contribution in [3.05, 3.63) is 60.2 Å². The number of hydrogen-bond donors (Lipinski definition) is 0. The van der Waals surface area contributed by atoms with Crippen LogP contribution in [0.2, 0.25) is 0 Å². The summed E-state index contributed by atoms with van der Waals surface area (Å²) >= 11 is 0. The monoisotopic (exact) mass is 364 g/mol. The minimum Gasteiger partial charge on any atom is -0.439 e. The molecule has 0 atom stereocenters. The number of nitrogens with zero attached hydrogens (tertiary/aromatic N) is 2. The molecule has 0 aromatic heterocycles. The minimum absolute atomic E-state index is 0.0246. The minimum atomic E-state index is -0.568. The van der Waals surface area contributed by atoms with Crippen molar-refractivity contribution in [2.75, 3.05) is 19.7 Å². The van der Waals surface area contributed by atoms with E-state index in [1.54, 1.807) is 4.90 Å². The van der Waals surface area contributed by atoms with E-state index in [0.717, 1.165) is 11.1 Å². The van der Waals surface area contributed by atoms with Crippen molar-refractivity contribution in [3.63, 3.8) is 0 Å². The summed E-state index contributed by atoms with van der Waals surface area (Å²) in [6.07, 6.45) is 0.588. The van der Waals surface area contributed by atoms with E-state index in [1.807, 2.05) is 54.6 Å². The van der Waals surface area contributed by atoms with E-state index < -0.39 is 6.09 Å². The Balaban J connectivity index is 1.39. The van der Waals surface area contributed by atoms with Gasteiger partial charge in [0, 0.05) is 24.7 Å². The van der Waals surface area contributed by atoms with Crippen molar-refractivity contribution in [2.45, 2.75) is 18.9 Å². The zero-order valence-corrected chi connectivity index (χ0v) is 14.8. The maximum Gasteiger partial charge on any atom is 0.417 e. The highest BCUT2D eigenvalue weighted by Crippen LogP contribution is 2.23. The van der Waals surface area contributed by atoms with Gasteiger partial charge in [-0.25, -0.2) is 9.69 Å². The smallest absolute Gasteiger partial charge is 0.417 e. The molecule has 2 aliphatic rings. The third-order valence-electron chi connectivity index (χ3n) is 5.14. The number of ether oxygens (including phenoxy) is 1.